The van der Waals surface area contributed by atoms with Gasteiger partial charge in [-0.3, -0.25) is 57.5 Å². The monoisotopic (exact) mass is 1610 g/mol. The molecule has 26 unspecified atom stereocenters. The number of hydrogen-bond donors (Lipinski definition) is 4. The number of carbonyl (C=O) groups excluding carboxylic acids is 8. The van der Waals surface area contributed by atoms with E-state index in [1.807, 2.05) is 19.9 Å². The molecule has 4 N–H and O–H groups in total. The lowest BCUT2D eigenvalue weighted by atomic mass is 9.31. The highest BCUT2D eigenvalue weighted by Gasteiger charge is 2.81. The molecule has 10 aliphatic carbocycles. The Kier molecular flexibility index (Phi) is 29.3. The quantitative estimate of drug-likeness (QED) is 0.00840. The van der Waals surface area contributed by atoms with E-state index in [1.165, 1.54) is 0 Å². The van der Waals surface area contributed by atoms with Crippen molar-refractivity contribution in [1.29, 1.82) is 0 Å². The van der Waals surface area contributed by atoms with Crippen molar-refractivity contribution in [2.45, 2.75) is 338 Å². The number of ether oxygens (including phenoxy) is 5. The lowest BCUT2D eigenvalue weighted by molar-refractivity contribution is -0.414. The molecule has 4 aliphatic heterocycles. The van der Waals surface area contributed by atoms with E-state index in [0.717, 1.165) is 135 Å². The molecule has 23 nitrogen and oxygen atoms in total. The van der Waals surface area contributed by atoms with Gasteiger partial charge in [0.2, 0.25) is 0 Å². The molecule has 23 heteroatoms. The number of hydrogen-bond acceptors (Lipinski definition) is 19. The third-order valence-electron chi connectivity index (χ3n) is 32.3. The lowest BCUT2D eigenvalue weighted by Crippen LogP contribution is -2.73. The van der Waals surface area contributed by atoms with Crippen molar-refractivity contribution in [3.63, 3.8) is 0 Å². The molecule has 642 valence electrons. The summed E-state index contributed by atoms with van der Waals surface area (Å²) in [7, 11) is 0. The van der Waals surface area contributed by atoms with Crippen molar-refractivity contribution in [3.05, 3.63) is 24.3 Å². The molecule has 4 saturated heterocycles. The molecule has 115 heavy (non-hydrogen) atoms. The fourth-order valence-corrected chi connectivity index (χ4v) is 27.3. The minimum atomic E-state index is -0.898. The van der Waals surface area contributed by atoms with Gasteiger partial charge in [-0.25, -0.2) is 9.78 Å². The number of carbonyl (C=O) groups is 12. The van der Waals surface area contributed by atoms with Gasteiger partial charge in [-0.1, -0.05) is 170 Å². The van der Waals surface area contributed by atoms with Crippen LogP contribution in [0.1, 0.15) is 313 Å². The van der Waals surface area contributed by atoms with Gasteiger partial charge < -0.3 is 44.1 Å². The first-order valence-corrected chi connectivity index (χ1v) is 44.9. The minimum Gasteiger partial charge on any atom is -0.481 e. The van der Waals surface area contributed by atoms with Crippen LogP contribution >= 0.6 is 0 Å². The molecule has 0 aromatic carbocycles. The summed E-state index contributed by atoms with van der Waals surface area (Å²) in [5, 5.41) is 39.3. The van der Waals surface area contributed by atoms with Gasteiger partial charge in [-0.2, -0.15) is 0 Å². The number of allylic oxidation sites excluding steroid dienone is 2. The van der Waals surface area contributed by atoms with Gasteiger partial charge >= 0.3 is 71.6 Å². The highest BCUT2D eigenvalue weighted by molar-refractivity contribution is 5.99. The highest BCUT2D eigenvalue weighted by Crippen LogP contribution is 2.79. The zero-order valence-corrected chi connectivity index (χ0v) is 70.4. The van der Waals surface area contributed by atoms with Gasteiger partial charge in [0, 0.05) is 23.7 Å². The van der Waals surface area contributed by atoms with Crippen LogP contribution in [0.25, 0.3) is 0 Å². The van der Waals surface area contributed by atoms with Gasteiger partial charge in [-0.05, 0) is 224 Å². The highest BCUT2D eigenvalue weighted by atomic mass is 17.2. The second-order valence-corrected chi connectivity index (χ2v) is 39.3. The minimum absolute atomic E-state index is 0.00857. The summed E-state index contributed by atoms with van der Waals surface area (Å²) in [4.78, 5) is 168. The Morgan fingerprint density at radius 3 is 1.26 bits per heavy atom. The number of unbranched alkanes of at least 4 members (excludes halogenated alkanes) is 14. The predicted octanol–water partition coefficient (Wildman–Crippen LogP) is 17.3. The topological polar surface area (TPSA) is 350 Å². The third-order valence-corrected chi connectivity index (χ3v) is 32.3. The van der Waals surface area contributed by atoms with E-state index >= 15 is 0 Å². The Bertz CT molecular complexity index is 3610. The van der Waals surface area contributed by atoms with E-state index in [-0.39, 0.29) is 102 Å². The third kappa shape index (κ3) is 17.7. The second kappa shape index (κ2) is 37.6. The average molecular weight is 1610 g/mol. The fraction of sp³-hybridized carbons (Fsp3) is 0.826. The van der Waals surface area contributed by atoms with Crippen molar-refractivity contribution in [1.82, 2.24) is 0 Å². The number of carboxylic acid groups (broad SMARTS) is 4. The van der Waals surface area contributed by atoms with Crippen LogP contribution in [0, 0.1) is 139 Å². The molecule has 0 radical (unpaired) electrons. The van der Waals surface area contributed by atoms with Crippen LogP contribution in [0.3, 0.4) is 0 Å². The molecular weight excluding hydrogens is 1470 g/mol. The van der Waals surface area contributed by atoms with Gasteiger partial charge in [0.1, 0.15) is 12.2 Å². The van der Waals surface area contributed by atoms with E-state index in [9.17, 15) is 67.7 Å². The number of cyclic esters (lactones) is 8. The van der Waals surface area contributed by atoms with Crippen LogP contribution in [0.4, 0.5) is 0 Å². The zero-order chi connectivity index (χ0) is 83.3. The molecule has 14 fully saturated rings. The summed E-state index contributed by atoms with van der Waals surface area (Å²) in [5.41, 5.74) is -4.11. The normalized spacial score (nSPS) is 37.9. The predicted molar refractivity (Wildman–Crippen MR) is 421 cm³/mol. The molecular formula is C92H136O23. The van der Waals surface area contributed by atoms with Crippen molar-refractivity contribution in [3.8, 4) is 0 Å². The number of aliphatic carboxylic acids is 4. The van der Waals surface area contributed by atoms with Crippen molar-refractivity contribution >= 4 is 71.6 Å². The maximum atomic E-state index is 14.1. The summed E-state index contributed by atoms with van der Waals surface area (Å²) in [5.74, 6) is -11.8. The van der Waals surface area contributed by atoms with E-state index in [4.69, 9.17) is 43.7 Å². The maximum Gasteiger partial charge on any atom is 0.318 e. The van der Waals surface area contributed by atoms with Gasteiger partial charge in [0.05, 0.1) is 71.4 Å². The van der Waals surface area contributed by atoms with Gasteiger partial charge in [-0.15, -0.1) is 0 Å². The number of fused-ring (bicyclic) bond motifs is 4. The van der Waals surface area contributed by atoms with E-state index in [0.29, 0.717) is 83.5 Å². The molecule has 14 rings (SSSR count). The molecule has 2 spiro atoms. The van der Waals surface area contributed by atoms with Crippen LogP contribution in [0.2, 0.25) is 0 Å². The summed E-state index contributed by atoms with van der Waals surface area (Å²) in [6.45, 7) is 21.2. The Balaban J connectivity index is 0.000000226. The molecule has 0 aromatic rings. The maximum absolute atomic E-state index is 14.1. The summed E-state index contributed by atoms with van der Waals surface area (Å²) < 4.78 is 28.8. The molecule has 14 aliphatic rings. The molecule has 26 atom stereocenters. The number of esters is 8. The SMILES string of the molecule is CCCCC/C=C/C(CC(CCCCCCCC(=O)O)C1CC(=O)OC1=O)OC1C(C(C)C)C2CC3C4(C)CCCC(C)(C(=O)O)C4CCC13C1C(=O)OC(=O)C21.CCCCC/C=C/C(CC(CCCCCCCC(=O)O)C1CC(=O)OC1=O)OOC1C(C(C)C)C2CC3C4(C)CCCC(C)(C(=O)O)C4CCC13C1C(=O)OC(=O)C21. The molecule has 0 amide bonds. The van der Waals surface area contributed by atoms with Crippen molar-refractivity contribution < 1.29 is 111 Å². The summed E-state index contributed by atoms with van der Waals surface area (Å²) in [6.07, 6.45) is 33.2. The summed E-state index contributed by atoms with van der Waals surface area (Å²) in [6, 6.07) is 0. The van der Waals surface area contributed by atoms with Crippen LogP contribution < -0.4 is 0 Å². The smallest absolute Gasteiger partial charge is 0.318 e. The Morgan fingerprint density at radius 2 is 0.861 bits per heavy atom. The first-order valence-electron chi connectivity index (χ1n) is 44.9. The largest absolute Gasteiger partial charge is 0.481 e. The fourth-order valence-electron chi connectivity index (χ4n) is 27.3. The number of rotatable bonds is 41. The van der Waals surface area contributed by atoms with Crippen LogP contribution in [-0.4, -0.2) is 116 Å². The molecule has 0 aromatic heterocycles. The van der Waals surface area contributed by atoms with Crippen LogP contribution in [-0.2, 0) is 91.0 Å². The van der Waals surface area contributed by atoms with E-state index < -0.39 is 159 Å². The van der Waals surface area contributed by atoms with E-state index in [2.05, 4.69) is 73.6 Å². The molecule has 10 saturated carbocycles. The first kappa shape index (κ1) is 89.6. The molecule has 4 heterocycles. The standard InChI is InChI=1S/C46H68O12.C46H68O11/c1-6-7-8-10-14-18-29(24-28(30-26-35(49)55-40(30)50)17-13-11-9-12-15-19-34(47)48)57-58-39-36(27(2)3)31-25-33-44(4)21-16-22-45(5,43(53)54)32(44)20-23-46(33,39)38-37(31)41(51)56-42(38)52;1-6-7-8-10-14-18-29(24-28(30-26-35(49)56-40(30)50)17-13-11-9-12-15-19-34(47)48)55-39-36(27(2)3)31-25-33-44(4)21-16-22-45(5,43(53)54)32(44)20-23-46(33,39)38-37(31)41(51)57-42(38)52/h14,18,27-33,36-39H,6-13,15-17,19-26H2,1-5H3,(H,47,48)(H,53,54);14,18,27-33,36-39H,6-13,15-17,19-26H2,1-5H3,(H,47,48)(H,53,54)/b2*18-14+. The average Bonchev–Trinajstić information content (AvgIpc) is 1.66. The Morgan fingerprint density at radius 1 is 0.461 bits per heavy atom. The Hall–Kier alpha value is -6.20. The van der Waals surface area contributed by atoms with Crippen molar-refractivity contribution in [2.24, 2.45) is 139 Å². The van der Waals surface area contributed by atoms with Crippen molar-refractivity contribution in [2.75, 3.05) is 0 Å². The van der Waals surface area contributed by atoms with E-state index in [1.54, 1.807) is 0 Å². The van der Waals surface area contributed by atoms with Crippen LogP contribution in [0.5, 0.6) is 0 Å². The summed E-state index contributed by atoms with van der Waals surface area (Å²) >= 11 is 0. The van der Waals surface area contributed by atoms with Gasteiger partial charge in [0.15, 0.2) is 0 Å². The van der Waals surface area contributed by atoms with Gasteiger partial charge in [0.25, 0.3) is 0 Å². The Labute approximate surface area is 680 Å². The number of carboxylic acids is 4. The second-order valence-electron chi connectivity index (χ2n) is 39.3. The van der Waals surface area contributed by atoms with Crippen LogP contribution in [0.15, 0.2) is 24.3 Å². The first-order chi connectivity index (χ1) is 54.7. The zero-order valence-electron chi connectivity index (χ0n) is 70.4. The lowest BCUT2D eigenvalue weighted by Gasteiger charge is -2.72. The molecule has 4 bridgehead atoms.